The van der Waals surface area contributed by atoms with Gasteiger partial charge in [-0.3, -0.25) is 9.88 Å². The molecule has 3 rings (SSSR count). The Morgan fingerprint density at radius 3 is 2.70 bits per heavy atom. The molecule has 0 amide bonds. The van der Waals surface area contributed by atoms with E-state index < -0.39 is 0 Å². The van der Waals surface area contributed by atoms with Crippen LogP contribution in [0.2, 0.25) is 0 Å². The lowest BCUT2D eigenvalue weighted by atomic mass is 10.1. The number of rotatable bonds is 3. The third-order valence-electron chi connectivity index (χ3n) is 3.99. The van der Waals surface area contributed by atoms with E-state index in [0.717, 1.165) is 29.9 Å². The van der Waals surface area contributed by atoms with Crippen LogP contribution in [-0.2, 0) is 6.42 Å². The first-order chi connectivity index (χ1) is 9.72. The molecule has 1 aromatic heterocycles. The van der Waals surface area contributed by atoms with Gasteiger partial charge in [-0.15, -0.1) is 0 Å². The molecule has 0 bridgehead atoms. The molecule has 1 aliphatic rings. The fourth-order valence-electron chi connectivity index (χ4n) is 2.88. The number of likely N-dealkylation sites (tertiary alicyclic amines) is 1. The van der Waals surface area contributed by atoms with Crippen LogP contribution in [0.15, 0.2) is 42.5 Å². The summed E-state index contributed by atoms with van der Waals surface area (Å²) < 4.78 is 12.9. The van der Waals surface area contributed by atoms with Crippen molar-refractivity contribution in [3.8, 4) is 0 Å². The Morgan fingerprint density at radius 1 is 1.20 bits per heavy atom. The van der Waals surface area contributed by atoms with E-state index in [0.29, 0.717) is 6.04 Å². The van der Waals surface area contributed by atoms with Crippen molar-refractivity contribution in [1.29, 1.82) is 0 Å². The first-order valence-electron chi connectivity index (χ1n) is 7.13. The number of nitrogens with zero attached hydrogens (tertiary/aromatic N) is 2. The number of halogens is 1. The Bertz CT molecular complexity index is 580. The standard InChI is InChI=1S/C17H19FN2/c1-20-11-3-6-17(20)16-5-2-4-15(19-16)12-13-7-9-14(18)10-8-13/h2,4-5,7-10,17H,3,6,11-12H2,1H3/t17-/m0/s1. The van der Waals surface area contributed by atoms with Crippen LogP contribution in [0.3, 0.4) is 0 Å². The molecule has 0 spiro atoms. The molecule has 20 heavy (non-hydrogen) atoms. The SMILES string of the molecule is CN1CCC[C@H]1c1cccc(Cc2ccc(F)cc2)n1. The average molecular weight is 270 g/mol. The van der Waals surface area contributed by atoms with Crippen molar-refractivity contribution in [3.05, 3.63) is 65.2 Å². The highest BCUT2D eigenvalue weighted by molar-refractivity contribution is 5.24. The third-order valence-corrected chi connectivity index (χ3v) is 3.99. The summed E-state index contributed by atoms with van der Waals surface area (Å²) in [5, 5.41) is 0. The van der Waals surface area contributed by atoms with Crippen molar-refractivity contribution in [2.45, 2.75) is 25.3 Å². The van der Waals surface area contributed by atoms with Gasteiger partial charge in [0.1, 0.15) is 5.82 Å². The predicted octanol–water partition coefficient (Wildman–Crippen LogP) is 3.58. The summed E-state index contributed by atoms with van der Waals surface area (Å²) >= 11 is 0. The van der Waals surface area contributed by atoms with Gasteiger partial charge >= 0.3 is 0 Å². The zero-order chi connectivity index (χ0) is 13.9. The molecule has 1 aromatic carbocycles. The van der Waals surface area contributed by atoms with Crippen LogP contribution in [0.25, 0.3) is 0 Å². The van der Waals surface area contributed by atoms with E-state index >= 15 is 0 Å². The van der Waals surface area contributed by atoms with E-state index in [1.54, 1.807) is 0 Å². The van der Waals surface area contributed by atoms with Crippen molar-refractivity contribution < 1.29 is 4.39 Å². The second-order valence-electron chi connectivity index (χ2n) is 5.50. The minimum atomic E-state index is -0.192. The number of pyridine rings is 1. The van der Waals surface area contributed by atoms with Gasteiger partial charge in [-0.1, -0.05) is 18.2 Å². The molecule has 0 unspecified atom stereocenters. The quantitative estimate of drug-likeness (QED) is 0.847. The molecule has 0 N–H and O–H groups in total. The van der Waals surface area contributed by atoms with E-state index in [1.165, 1.54) is 25.0 Å². The fourth-order valence-corrected chi connectivity index (χ4v) is 2.88. The highest BCUT2D eigenvalue weighted by atomic mass is 19.1. The van der Waals surface area contributed by atoms with E-state index in [-0.39, 0.29) is 5.82 Å². The van der Waals surface area contributed by atoms with Crippen molar-refractivity contribution in [3.63, 3.8) is 0 Å². The summed E-state index contributed by atoms with van der Waals surface area (Å²) in [4.78, 5) is 7.15. The highest BCUT2D eigenvalue weighted by Gasteiger charge is 2.23. The molecular formula is C17H19FN2. The summed E-state index contributed by atoms with van der Waals surface area (Å²) in [6.07, 6.45) is 3.18. The Balaban J connectivity index is 1.79. The second-order valence-corrected chi connectivity index (χ2v) is 5.50. The maximum atomic E-state index is 12.9. The van der Waals surface area contributed by atoms with E-state index in [9.17, 15) is 4.39 Å². The van der Waals surface area contributed by atoms with Crippen LogP contribution in [-0.4, -0.2) is 23.5 Å². The second kappa shape index (κ2) is 5.71. The highest BCUT2D eigenvalue weighted by Crippen LogP contribution is 2.29. The van der Waals surface area contributed by atoms with E-state index in [1.807, 2.05) is 18.2 Å². The first kappa shape index (κ1) is 13.3. The predicted molar refractivity (Wildman–Crippen MR) is 78.0 cm³/mol. The molecule has 0 radical (unpaired) electrons. The Kier molecular flexibility index (Phi) is 3.79. The molecule has 1 aliphatic heterocycles. The molecular weight excluding hydrogens is 251 g/mol. The Labute approximate surface area is 119 Å². The smallest absolute Gasteiger partial charge is 0.123 e. The lowest BCUT2D eigenvalue weighted by Crippen LogP contribution is -2.18. The van der Waals surface area contributed by atoms with Crippen molar-refractivity contribution >= 4 is 0 Å². The van der Waals surface area contributed by atoms with E-state index in [2.05, 4.69) is 24.1 Å². The number of aromatic nitrogens is 1. The topological polar surface area (TPSA) is 16.1 Å². The van der Waals surface area contributed by atoms with Crippen LogP contribution in [0.4, 0.5) is 4.39 Å². The van der Waals surface area contributed by atoms with Crippen LogP contribution >= 0.6 is 0 Å². The van der Waals surface area contributed by atoms with Gasteiger partial charge in [0.05, 0.1) is 11.7 Å². The molecule has 1 saturated heterocycles. The van der Waals surface area contributed by atoms with Crippen molar-refractivity contribution in [1.82, 2.24) is 9.88 Å². The summed E-state index contributed by atoms with van der Waals surface area (Å²) in [6, 6.07) is 13.3. The molecule has 1 fully saturated rings. The van der Waals surface area contributed by atoms with Gasteiger partial charge < -0.3 is 0 Å². The van der Waals surface area contributed by atoms with Gasteiger partial charge in [-0.05, 0) is 56.3 Å². The minimum Gasteiger partial charge on any atom is -0.298 e. The van der Waals surface area contributed by atoms with Crippen LogP contribution in [0.5, 0.6) is 0 Å². The van der Waals surface area contributed by atoms with Crippen molar-refractivity contribution in [2.24, 2.45) is 0 Å². The zero-order valence-electron chi connectivity index (χ0n) is 11.7. The van der Waals surface area contributed by atoms with Gasteiger partial charge in [0.25, 0.3) is 0 Å². The van der Waals surface area contributed by atoms with Crippen LogP contribution < -0.4 is 0 Å². The molecule has 0 saturated carbocycles. The maximum absolute atomic E-state index is 12.9. The summed E-state index contributed by atoms with van der Waals surface area (Å²) in [5.74, 6) is -0.192. The van der Waals surface area contributed by atoms with Gasteiger partial charge in [0.15, 0.2) is 0 Å². The molecule has 2 nitrogen and oxygen atoms in total. The van der Waals surface area contributed by atoms with Crippen molar-refractivity contribution in [2.75, 3.05) is 13.6 Å². The zero-order valence-corrected chi connectivity index (χ0v) is 11.7. The Morgan fingerprint density at radius 2 is 2.00 bits per heavy atom. The Hall–Kier alpha value is -1.74. The summed E-state index contributed by atoms with van der Waals surface area (Å²) in [5.41, 5.74) is 3.30. The molecule has 0 aliphatic carbocycles. The first-order valence-corrected chi connectivity index (χ1v) is 7.13. The average Bonchev–Trinajstić information content (AvgIpc) is 2.88. The maximum Gasteiger partial charge on any atom is 0.123 e. The van der Waals surface area contributed by atoms with Gasteiger partial charge in [0.2, 0.25) is 0 Å². The number of hydrogen-bond acceptors (Lipinski definition) is 2. The van der Waals surface area contributed by atoms with Crippen LogP contribution in [0, 0.1) is 5.82 Å². The summed E-state index contributed by atoms with van der Waals surface area (Å²) in [7, 11) is 2.16. The lowest BCUT2D eigenvalue weighted by molar-refractivity contribution is 0.311. The minimum absolute atomic E-state index is 0.192. The molecule has 104 valence electrons. The number of hydrogen-bond donors (Lipinski definition) is 0. The molecule has 1 atom stereocenters. The lowest BCUT2D eigenvalue weighted by Gasteiger charge is -2.19. The van der Waals surface area contributed by atoms with Gasteiger partial charge in [-0.25, -0.2) is 4.39 Å². The van der Waals surface area contributed by atoms with Gasteiger partial charge in [0, 0.05) is 12.1 Å². The van der Waals surface area contributed by atoms with Gasteiger partial charge in [-0.2, -0.15) is 0 Å². The summed E-state index contributed by atoms with van der Waals surface area (Å²) in [6.45, 7) is 1.15. The largest absolute Gasteiger partial charge is 0.298 e. The monoisotopic (exact) mass is 270 g/mol. The van der Waals surface area contributed by atoms with E-state index in [4.69, 9.17) is 4.98 Å². The normalized spacial score (nSPS) is 19.4. The van der Waals surface area contributed by atoms with Crippen LogP contribution in [0.1, 0.15) is 35.8 Å². The fraction of sp³-hybridized carbons (Fsp3) is 0.353. The number of benzene rings is 1. The third kappa shape index (κ3) is 2.88. The molecule has 3 heteroatoms. The molecule has 2 heterocycles. The molecule has 2 aromatic rings.